The van der Waals surface area contributed by atoms with Crippen LogP contribution >= 0.6 is 0 Å². The van der Waals surface area contributed by atoms with E-state index in [1.54, 1.807) is 0 Å². The number of para-hydroxylation sites is 1. The molecule has 200 valence electrons. The van der Waals surface area contributed by atoms with Crippen molar-refractivity contribution < 1.29 is 0 Å². The summed E-state index contributed by atoms with van der Waals surface area (Å²) in [6.07, 6.45) is 0. The predicted octanol–water partition coefficient (Wildman–Crippen LogP) is 11.4. The SMILES string of the molecule is CC1(C)c2ccccc2-c2cccc(N(c3ccc4cc5ccccc5cc4c3)c3ccccc3-c3ccccc3)c21. The molecule has 0 saturated heterocycles. The molecule has 0 amide bonds. The fourth-order valence-electron chi connectivity index (χ4n) is 7.01. The van der Waals surface area contributed by atoms with Crippen LogP contribution in [-0.4, -0.2) is 0 Å². The molecule has 1 nitrogen and oxygen atoms in total. The maximum Gasteiger partial charge on any atom is 0.0540 e. The van der Waals surface area contributed by atoms with Crippen molar-refractivity contribution in [3.8, 4) is 22.3 Å². The fraction of sp³-hybridized carbons (Fsp3) is 0.0732. The van der Waals surface area contributed by atoms with Gasteiger partial charge in [-0.1, -0.05) is 129 Å². The van der Waals surface area contributed by atoms with Crippen LogP contribution in [0.3, 0.4) is 0 Å². The molecule has 0 spiro atoms. The van der Waals surface area contributed by atoms with Crippen LogP contribution in [0.5, 0.6) is 0 Å². The molecule has 0 N–H and O–H groups in total. The third kappa shape index (κ3) is 3.78. The van der Waals surface area contributed by atoms with Crippen LogP contribution in [0.25, 0.3) is 43.8 Å². The van der Waals surface area contributed by atoms with Crippen molar-refractivity contribution in [2.24, 2.45) is 0 Å². The first-order chi connectivity index (χ1) is 20.6. The van der Waals surface area contributed by atoms with E-state index >= 15 is 0 Å². The smallest absolute Gasteiger partial charge is 0.0540 e. The molecule has 0 saturated carbocycles. The lowest BCUT2D eigenvalue weighted by atomic mass is 9.81. The topological polar surface area (TPSA) is 3.24 Å². The Morgan fingerprint density at radius 3 is 1.83 bits per heavy atom. The molecule has 7 aromatic carbocycles. The first-order valence-corrected chi connectivity index (χ1v) is 14.7. The zero-order chi connectivity index (χ0) is 28.3. The molecule has 0 bridgehead atoms. The van der Waals surface area contributed by atoms with Crippen molar-refractivity contribution in [1.82, 2.24) is 0 Å². The van der Waals surface area contributed by atoms with Gasteiger partial charge in [-0.05, 0) is 85.8 Å². The summed E-state index contributed by atoms with van der Waals surface area (Å²) in [5.74, 6) is 0. The number of benzene rings is 7. The van der Waals surface area contributed by atoms with Crippen LogP contribution in [0.15, 0.2) is 152 Å². The van der Waals surface area contributed by atoms with E-state index in [1.165, 1.54) is 66.3 Å². The summed E-state index contributed by atoms with van der Waals surface area (Å²) >= 11 is 0. The number of anilines is 3. The van der Waals surface area contributed by atoms with Crippen LogP contribution in [0.1, 0.15) is 25.0 Å². The molecule has 1 aliphatic rings. The molecule has 0 atom stereocenters. The van der Waals surface area contributed by atoms with Gasteiger partial charge in [-0.3, -0.25) is 0 Å². The molecule has 7 aromatic rings. The molecule has 0 fully saturated rings. The zero-order valence-electron chi connectivity index (χ0n) is 23.9. The van der Waals surface area contributed by atoms with E-state index in [9.17, 15) is 0 Å². The summed E-state index contributed by atoms with van der Waals surface area (Å²) in [6, 6.07) is 55.4. The quantitative estimate of drug-likeness (QED) is 0.202. The minimum Gasteiger partial charge on any atom is -0.310 e. The zero-order valence-corrected chi connectivity index (χ0v) is 23.9. The molecule has 42 heavy (non-hydrogen) atoms. The van der Waals surface area contributed by atoms with Crippen molar-refractivity contribution in [3.05, 3.63) is 163 Å². The fourth-order valence-corrected chi connectivity index (χ4v) is 7.01. The van der Waals surface area contributed by atoms with Gasteiger partial charge in [0.25, 0.3) is 0 Å². The summed E-state index contributed by atoms with van der Waals surface area (Å²) in [4.78, 5) is 2.49. The van der Waals surface area contributed by atoms with Gasteiger partial charge < -0.3 is 4.90 Å². The van der Waals surface area contributed by atoms with Gasteiger partial charge in [0.1, 0.15) is 0 Å². The van der Waals surface area contributed by atoms with Crippen LogP contribution < -0.4 is 4.90 Å². The van der Waals surface area contributed by atoms with Gasteiger partial charge in [-0.25, -0.2) is 0 Å². The molecule has 1 aliphatic carbocycles. The monoisotopic (exact) mass is 537 g/mol. The van der Waals surface area contributed by atoms with Gasteiger partial charge in [0.2, 0.25) is 0 Å². The van der Waals surface area contributed by atoms with Crippen molar-refractivity contribution in [3.63, 3.8) is 0 Å². The average molecular weight is 538 g/mol. The van der Waals surface area contributed by atoms with E-state index in [0.717, 1.165) is 5.69 Å². The Morgan fingerprint density at radius 2 is 1.02 bits per heavy atom. The van der Waals surface area contributed by atoms with Gasteiger partial charge in [0.15, 0.2) is 0 Å². The third-order valence-electron chi connectivity index (χ3n) is 8.98. The Bertz CT molecular complexity index is 2120. The number of hydrogen-bond donors (Lipinski definition) is 0. The Morgan fingerprint density at radius 1 is 0.429 bits per heavy atom. The maximum absolute atomic E-state index is 2.49. The molecule has 1 heteroatoms. The normalized spacial score (nSPS) is 13.2. The summed E-state index contributed by atoms with van der Waals surface area (Å²) in [5, 5.41) is 5.02. The van der Waals surface area contributed by atoms with E-state index in [2.05, 4.69) is 170 Å². The maximum atomic E-state index is 2.49. The summed E-state index contributed by atoms with van der Waals surface area (Å²) in [5.41, 5.74) is 11.2. The lowest BCUT2D eigenvalue weighted by Crippen LogP contribution is -2.21. The summed E-state index contributed by atoms with van der Waals surface area (Å²) < 4.78 is 0. The molecule has 0 aliphatic heterocycles. The van der Waals surface area contributed by atoms with Crippen LogP contribution in [0.4, 0.5) is 17.1 Å². The average Bonchev–Trinajstić information content (AvgIpc) is 3.28. The second kappa shape index (κ2) is 9.46. The second-order valence-electron chi connectivity index (χ2n) is 11.8. The Kier molecular flexibility index (Phi) is 5.55. The van der Waals surface area contributed by atoms with E-state index < -0.39 is 0 Å². The Labute approximate surface area is 247 Å². The van der Waals surface area contributed by atoms with Gasteiger partial charge >= 0.3 is 0 Å². The van der Waals surface area contributed by atoms with E-state index in [4.69, 9.17) is 0 Å². The molecule has 8 rings (SSSR count). The second-order valence-corrected chi connectivity index (χ2v) is 11.8. The van der Waals surface area contributed by atoms with E-state index in [1.807, 2.05) is 0 Å². The number of rotatable bonds is 4. The Balaban J connectivity index is 1.42. The van der Waals surface area contributed by atoms with E-state index in [0.29, 0.717) is 0 Å². The van der Waals surface area contributed by atoms with E-state index in [-0.39, 0.29) is 5.41 Å². The minimum atomic E-state index is -0.143. The predicted molar refractivity (Wildman–Crippen MR) is 179 cm³/mol. The van der Waals surface area contributed by atoms with Gasteiger partial charge in [0.05, 0.1) is 11.4 Å². The highest BCUT2D eigenvalue weighted by Crippen LogP contribution is 2.55. The highest BCUT2D eigenvalue weighted by molar-refractivity contribution is 6.01. The summed E-state index contributed by atoms with van der Waals surface area (Å²) in [7, 11) is 0. The molecular weight excluding hydrogens is 506 g/mol. The minimum absolute atomic E-state index is 0.143. The molecule has 0 unspecified atom stereocenters. The van der Waals surface area contributed by atoms with Gasteiger partial charge in [-0.15, -0.1) is 0 Å². The van der Waals surface area contributed by atoms with Crippen molar-refractivity contribution in [1.29, 1.82) is 0 Å². The number of fused-ring (bicyclic) bond motifs is 5. The molecule has 0 heterocycles. The first kappa shape index (κ1) is 24.6. The molecular formula is C41H31N. The Hall–Kier alpha value is -5.14. The number of hydrogen-bond acceptors (Lipinski definition) is 1. The van der Waals surface area contributed by atoms with Crippen molar-refractivity contribution >= 4 is 38.6 Å². The standard InChI is InChI=1S/C41H31N/c1-41(2)37-20-10-8-18-35(37)36-19-12-22-39(40(36)41)42(38-21-11-9-17-34(38)28-13-4-3-5-14-28)33-24-23-31-25-29-15-6-7-16-30(29)26-32(31)27-33/h3-27H,1-2H3. The third-order valence-corrected chi connectivity index (χ3v) is 8.98. The van der Waals surface area contributed by atoms with Crippen LogP contribution in [0.2, 0.25) is 0 Å². The highest BCUT2D eigenvalue weighted by Gasteiger charge is 2.38. The van der Waals surface area contributed by atoms with Gasteiger partial charge in [0, 0.05) is 16.7 Å². The molecule has 0 radical (unpaired) electrons. The highest BCUT2D eigenvalue weighted by atomic mass is 15.1. The first-order valence-electron chi connectivity index (χ1n) is 14.7. The number of nitrogens with zero attached hydrogens (tertiary/aromatic N) is 1. The lowest BCUT2D eigenvalue weighted by molar-refractivity contribution is 0.661. The lowest BCUT2D eigenvalue weighted by Gasteiger charge is -2.33. The summed E-state index contributed by atoms with van der Waals surface area (Å²) in [6.45, 7) is 4.74. The van der Waals surface area contributed by atoms with Crippen LogP contribution in [0, 0.1) is 0 Å². The van der Waals surface area contributed by atoms with Gasteiger partial charge in [-0.2, -0.15) is 0 Å². The van der Waals surface area contributed by atoms with Crippen LogP contribution in [-0.2, 0) is 5.41 Å². The molecule has 0 aromatic heterocycles. The largest absolute Gasteiger partial charge is 0.310 e. The van der Waals surface area contributed by atoms with Crippen molar-refractivity contribution in [2.75, 3.05) is 4.90 Å². The van der Waals surface area contributed by atoms with Crippen molar-refractivity contribution in [2.45, 2.75) is 19.3 Å².